The van der Waals surface area contributed by atoms with Gasteiger partial charge in [-0.15, -0.1) is 0 Å². The third kappa shape index (κ3) is 3.09. The average Bonchev–Trinajstić information content (AvgIpc) is 2.28. The van der Waals surface area contributed by atoms with Crippen molar-refractivity contribution < 1.29 is 9.72 Å². The van der Waals surface area contributed by atoms with E-state index in [1.807, 2.05) is 0 Å². The number of nitrogen functional groups attached to an aromatic ring is 1. The average molecular weight is 252 g/mol. The van der Waals surface area contributed by atoms with Crippen molar-refractivity contribution in [1.82, 2.24) is 5.32 Å². The summed E-state index contributed by atoms with van der Waals surface area (Å²) in [6.07, 6.45) is 0. The Labute approximate surface area is 105 Å². The van der Waals surface area contributed by atoms with E-state index in [0.717, 1.165) is 0 Å². The summed E-state index contributed by atoms with van der Waals surface area (Å²) in [5.74, 6) is -0.228. The molecule has 0 heterocycles. The predicted octanol–water partition coefficient (Wildman–Crippen LogP) is 1.11. The minimum absolute atomic E-state index is 0.0631. The molecule has 0 spiro atoms. The topological polar surface area (TPSA) is 110 Å². The molecule has 0 radical (unpaired) electrons. The molecule has 0 aliphatic heterocycles. The van der Waals surface area contributed by atoms with Crippen molar-refractivity contribution in [3.8, 4) is 0 Å². The van der Waals surface area contributed by atoms with E-state index in [1.165, 1.54) is 12.1 Å². The van der Waals surface area contributed by atoms with Gasteiger partial charge in [-0.25, -0.2) is 0 Å². The van der Waals surface area contributed by atoms with Gasteiger partial charge in [-0.2, -0.15) is 0 Å². The van der Waals surface area contributed by atoms with Gasteiger partial charge in [0.15, 0.2) is 0 Å². The molecule has 1 atom stereocenters. The summed E-state index contributed by atoms with van der Waals surface area (Å²) < 4.78 is 0. The fourth-order valence-electron chi connectivity index (χ4n) is 1.51. The lowest BCUT2D eigenvalue weighted by molar-refractivity contribution is -0.383. The number of nitrogens with one attached hydrogen (secondary N) is 2. The Morgan fingerprint density at radius 1 is 1.56 bits per heavy atom. The van der Waals surface area contributed by atoms with E-state index in [1.54, 1.807) is 19.9 Å². The maximum atomic E-state index is 11.5. The Morgan fingerprint density at radius 3 is 2.78 bits per heavy atom. The highest BCUT2D eigenvalue weighted by Gasteiger charge is 2.21. The molecule has 4 N–H and O–H groups in total. The molecule has 7 nitrogen and oxygen atoms in total. The van der Waals surface area contributed by atoms with Crippen molar-refractivity contribution in [2.45, 2.75) is 19.9 Å². The normalized spacial score (nSPS) is 11.7. The molecule has 0 aliphatic carbocycles. The largest absolute Gasteiger partial charge is 0.393 e. The Balaban J connectivity index is 2.94. The highest BCUT2D eigenvalue weighted by molar-refractivity contribution is 5.86. The minimum atomic E-state index is -0.578. The van der Waals surface area contributed by atoms with Crippen LogP contribution in [0.5, 0.6) is 0 Å². The third-order valence-electron chi connectivity index (χ3n) is 2.37. The van der Waals surface area contributed by atoms with Gasteiger partial charge < -0.3 is 16.4 Å². The first-order valence-electron chi connectivity index (χ1n) is 5.54. The second kappa shape index (κ2) is 5.85. The van der Waals surface area contributed by atoms with Gasteiger partial charge in [0.25, 0.3) is 0 Å². The van der Waals surface area contributed by atoms with E-state index >= 15 is 0 Å². The van der Waals surface area contributed by atoms with Gasteiger partial charge in [0, 0.05) is 6.54 Å². The molecule has 0 aromatic heterocycles. The second-order valence-corrected chi connectivity index (χ2v) is 3.76. The van der Waals surface area contributed by atoms with Crippen molar-refractivity contribution in [2.24, 2.45) is 0 Å². The number of nitrogens with two attached hydrogens (primary N) is 1. The first-order chi connectivity index (χ1) is 8.47. The fourth-order valence-corrected chi connectivity index (χ4v) is 1.51. The Morgan fingerprint density at radius 2 is 2.22 bits per heavy atom. The number of rotatable bonds is 5. The molecule has 0 aliphatic rings. The van der Waals surface area contributed by atoms with E-state index in [9.17, 15) is 14.9 Å². The second-order valence-electron chi connectivity index (χ2n) is 3.76. The van der Waals surface area contributed by atoms with Gasteiger partial charge in [0.2, 0.25) is 5.91 Å². The standard InChI is InChI=1S/C11H16N4O3/c1-3-13-11(16)7(2)14-9-6-4-5-8(12)10(9)15(17)18/h4-7,14H,3,12H2,1-2H3,(H,13,16). The van der Waals surface area contributed by atoms with Crippen molar-refractivity contribution in [3.63, 3.8) is 0 Å². The van der Waals surface area contributed by atoms with Crippen molar-refractivity contribution >= 4 is 23.0 Å². The molecular weight excluding hydrogens is 236 g/mol. The van der Waals surface area contributed by atoms with Crippen LogP contribution in [0, 0.1) is 10.1 Å². The number of benzene rings is 1. The fraction of sp³-hybridized carbons (Fsp3) is 0.364. The summed E-state index contributed by atoms with van der Waals surface area (Å²) in [6.45, 7) is 3.93. The molecule has 1 rings (SSSR count). The van der Waals surface area contributed by atoms with E-state index < -0.39 is 11.0 Å². The molecule has 0 saturated heterocycles. The van der Waals surface area contributed by atoms with Crippen LogP contribution in [-0.4, -0.2) is 23.4 Å². The number of amides is 1. The van der Waals surface area contributed by atoms with Crippen molar-refractivity contribution in [1.29, 1.82) is 0 Å². The van der Waals surface area contributed by atoms with E-state index in [2.05, 4.69) is 10.6 Å². The molecule has 1 unspecified atom stereocenters. The molecular formula is C11H16N4O3. The molecule has 0 fully saturated rings. The van der Waals surface area contributed by atoms with E-state index in [0.29, 0.717) is 6.54 Å². The van der Waals surface area contributed by atoms with Crippen LogP contribution in [0.25, 0.3) is 0 Å². The quantitative estimate of drug-likeness (QED) is 0.413. The molecule has 7 heteroatoms. The molecule has 1 amide bonds. The van der Waals surface area contributed by atoms with Crippen LogP contribution in [-0.2, 0) is 4.79 Å². The number of hydrogen-bond acceptors (Lipinski definition) is 5. The van der Waals surface area contributed by atoms with Crippen molar-refractivity contribution in [2.75, 3.05) is 17.6 Å². The first-order valence-corrected chi connectivity index (χ1v) is 5.54. The zero-order chi connectivity index (χ0) is 13.7. The SMILES string of the molecule is CCNC(=O)C(C)Nc1cccc(N)c1[N+](=O)[O-]. The smallest absolute Gasteiger partial charge is 0.314 e. The van der Waals surface area contributed by atoms with Crippen LogP contribution in [0.2, 0.25) is 0 Å². The Bertz CT molecular complexity index is 462. The minimum Gasteiger partial charge on any atom is -0.393 e. The van der Waals surface area contributed by atoms with Crippen molar-refractivity contribution in [3.05, 3.63) is 28.3 Å². The summed E-state index contributed by atoms with van der Waals surface area (Å²) in [5.41, 5.74) is 5.63. The number of carbonyl (C=O) groups is 1. The van der Waals surface area contributed by atoms with Gasteiger partial charge in [-0.1, -0.05) is 6.07 Å². The molecule has 98 valence electrons. The number of likely N-dealkylation sites (N-methyl/N-ethyl adjacent to an activating group) is 1. The van der Waals surface area contributed by atoms with Crippen LogP contribution in [0.1, 0.15) is 13.8 Å². The number of nitro benzene ring substituents is 1. The molecule has 18 heavy (non-hydrogen) atoms. The van der Waals surface area contributed by atoms with Crippen LogP contribution in [0.4, 0.5) is 17.1 Å². The zero-order valence-electron chi connectivity index (χ0n) is 10.3. The van der Waals surface area contributed by atoms with Gasteiger partial charge >= 0.3 is 5.69 Å². The lowest BCUT2D eigenvalue weighted by atomic mass is 10.2. The monoisotopic (exact) mass is 252 g/mol. The lowest BCUT2D eigenvalue weighted by Gasteiger charge is -2.15. The summed E-state index contributed by atoms with van der Waals surface area (Å²) in [4.78, 5) is 21.9. The number of nitro groups is 1. The van der Waals surface area contributed by atoms with E-state index in [-0.39, 0.29) is 23.0 Å². The maximum absolute atomic E-state index is 11.5. The summed E-state index contributed by atoms with van der Waals surface area (Å²) in [5, 5.41) is 16.3. The van der Waals surface area contributed by atoms with Crippen LogP contribution in [0.15, 0.2) is 18.2 Å². The number of carbonyl (C=O) groups excluding carboxylic acids is 1. The summed E-state index contributed by atoms with van der Waals surface area (Å²) >= 11 is 0. The first kappa shape index (κ1) is 13.8. The lowest BCUT2D eigenvalue weighted by Crippen LogP contribution is -2.37. The summed E-state index contributed by atoms with van der Waals surface area (Å²) in [7, 11) is 0. The van der Waals surface area contributed by atoms with Gasteiger partial charge in [0.05, 0.1) is 4.92 Å². The van der Waals surface area contributed by atoms with Crippen LogP contribution < -0.4 is 16.4 Å². The van der Waals surface area contributed by atoms with Gasteiger partial charge in [-0.05, 0) is 26.0 Å². The third-order valence-corrected chi connectivity index (χ3v) is 2.37. The van der Waals surface area contributed by atoms with Crippen LogP contribution in [0.3, 0.4) is 0 Å². The number of hydrogen-bond donors (Lipinski definition) is 3. The molecule has 0 bridgehead atoms. The van der Waals surface area contributed by atoms with E-state index in [4.69, 9.17) is 5.73 Å². The Hall–Kier alpha value is -2.31. The molecule has 1 aromatic rings. The predicted molar refractivity (Wildman–Crippen MR) is 69.3 cm³/mol. The molecule has 0 saturated carbocycles. The molecule has 1 aromatic carbocycles. The highest BCUT2D eigenvalue weighted by Crippen LogP contribution is 2.30. The number of anilines is 2. The van der Waals surface area contributed by atoms with Gasteiger partial charge in [-0.3, -0.25) is 14.9 Å². The van der Waals surface area contributed by atoms with Gasteiger partial charge in [0.1, 0.15) is 17.4 Å². The zero-order valence-corrected chi connectivity index (χ0v) is 10.3. The van der Waals surface area contributed by atoms with Crippen LogP contribution >= 0.6 is 0 Å². The maximum Gasteiger partial charge on any atom is 0.314 e. The summed E-state index contributed by atoms with van der Waals surface area (Å²) in [6, 6.07) is 3.98. The number of para-hydroxylation sites is 1. The number of nitrogens with zero attached hydrogens (tertiary/aromatic N) is 1. The highest BCUT2D eigenvalue weighted by atomic mass is 16.6. The Kier molecular flexibility index (Phi) is 4.47.